The van der Waals surface area contributed by atoms with Gasteiger partial charge < -0.3 is 27.8 Å². The number of carbonyl (C=O) groups excluding carboxylic acids is 3. The molecule has 0 aromatic rings. The number of nitrogens with one attached hydrogen (secondary N) is 2. The number of hydrogen-bond acceptors (Lipinski definition) is 5. The molecule has 0 radical (unpaired) electrons. The Hall–Kier alpha value is -1.67. The molecule has 0 aliphatic heterocycles. The molecule has 0 saturated heterocycles. The predicted molar refractivity (Wildman–Crippen MR) is 61.5 cm³/mol. The van der Waals surface area contributed by atoms with E-state index >= 15 is 0 Å². The van der Waals surface area contributed by atoms with Gasteiger partial charge in [0.15, 0.2) is 0 Å². The summed E-state index contributed by atoms with van der Waals surface area (Å²) in [5, 5.41) is 4.75. The van der Waals surface area contributed by atoms with Crippen LogP contribution in [-0.4, -0.2) is 43.4 Å². The molecule has 0 rings (SSSR count). The van der Waals surface area contributed by atoms with Crippen LogP contribution >= 0.6 is 0 Å². The zero-order valence-corrected chi connectivity index (χ0v) is 9.57. The van der Waals surface area contributed by atoms with Crippen molar-refractivity contribution in [2.24, 2.45) is 17.2 Å². The topological polar surface area (TPSA) is 153 Å². The van der Waals surface area contributed by atoms with Crippen molar-refractivity contribution in [2.45, 2.75) is 18.9 Å². The molecule has 0 aromatic carbocycles. The van der Waals surface area contributed by atoms with Crippen LogP contribution in [0.4, 0.5) is 0 Å². The van der Waals surface area contributed by atoms with Crippen molar-refractivity contribution in [3.63, 3.8) is 0 Å². The van der Waals surface area contributed by atoms with Gasteiger partial charge in [-0.25, -0.2) is 0 Å². The van der Waals surface area contributed by atoms with Gasteiger partial charge in [-0.2, -0.15) is 0 Å². The van der Waals surface area contributed by atoms with Crippen LogP contribution < -0.4 is 27.8 Å². The van der Waals surface area contributed by atoms with Crippen molar-refractivity contribution in [1.82, 2.24) is 10.6 Å². The third kappa shape index (κ3) is 7.25. The van der Waals surface area contributed by atoms with Gasteiger partial charge in [0.1, 0.15) is 6.04 Å². The Labute approximate surface area is 99.3 Å². The highest BCUT2D eigenvalue weighted by Crippen LogP contribution is 1.96. The standard InChI is InChI=1S/C9H19N5O3/c10-3-1-2-6(14-8(16)4-11)9(17)13-5-7(12)15/h6H,1-5,10-11H2,(H2,12,15)(H,13,17)(H,14,16). The van der Waals surface area contributed by atoms with Gasteiger partial charge in [-0.15, -0.1) is 0 Å². The normalized spacial score (nSPS) is 11.6. The van der Waals surface area contributed by atoms with Crippen LogP contribution in [0.3, 0.4) is 0 Å². The maximum atomic E-state index is 11.6. The Balaban J connectivity index is 4.28. The highest BCUT2D eigenvalue weighted by atomic mass is 16.2. The summed E-state index contributed by atoms with van der Waals surface area (Å²) in [7, 11) is 0. The Kier molecular flexibility index (Phi) is 7.65. The van der Waals surface area contributed by atoms with E-state index < -0.39 is 23.8 Å². The monoisotopic (exact) mass is 245 g/mol. The maximum absolute atomic E-state index is 11.6. The van der Waals surface area contributed by atoms with E-state index in [4.69, 9.17) is 17.2 Å². The van der Waals surface area contributed by atoms with Crippen LogP contribution in [0.25, 0.3) is 0 Å². The van der Waals surface area contributed by atoms with Crippen LogP contribution in [0.5, 0.6) is 0 Å². The molecule has 0 fully saturated rings. The van der Waals surface area contributed by atoms with Gasteiger partial charge >= 0.3 is 0 Å². The molecule has 0 heterocycles. The number of nitrogens with two attached hydrogens (primary N) is 3. The Bertz CT molecular complexity index is 282. The minimum absolute atomic E-state index is 0.206. The fourth-order valence-electron chi connectivity index (χ4n) is 1.14. The number of amides is 3. The van der Waals surface area contributed by atoms with Crippen LogP contribution in [-0.2, 0) is 14.4 Å². The maximum Gasteiger partial charge on any atom is 0.243 e. The minimum Gasteiger partial charge on any atom is -0.368 e. The van der Waals surface area contributed by atoms with Crippen molar-refractivity contribution in [2.75, 3.05) is 19.6 Å². The third-order valence-corrected chi connectivity index (χ3v) is 1.97. The molecular formula is C9H19N5O3. The zero-order chi connectivity index (χ0) is 13.3. The number of hydrogen-bond donors (Lipinski definition) is 5. The lowest BCUT2D eigenvalue weighted by Gasteiger charge is -2.17. The number of primary amides is 1. The summed E-state index contributed by atoms with van der Waals surface area (Å²) in [5.41, 5.74) is 15.3. The second-order valence-corrected chi connectivity index (χ2v) is 3.44. The molecule has 98 valence electrons. The van der Waals surface area contributed by atoms with Crippen LogP contribution in [0, 0.1) is 0 Å². The fourth-order valence-corrected chi connectivity index (χ4v) is 1.14. The van der Waals surface area contributed by atoms with Gasteiger partial charge in [0.05, 0.1) is 13.1 Å². The summed E-state index contributed by atoms with van der Waals surface area (Å²) in [4.78, 5) is 33.2. The molecule has 0 spiro atoms. The van der Waals surface area contributed by atoms with Crippen molar-refractivity contribution >= 4 is 17.7 Å². The lowest BCUT2D eigenvalue weighted by Crippen LogP contribution is -2.50. The summed E-state index contributed by atoms with van der Waals surface area (Å²) >= 11 is 0. The summed E-state index contributed by atoms with van der Waals surface area (Å²) in [6.07, 6.45) is 0.951. The van der Waals surface area contributed by atoms with Crippen molar-refractivity contribution < 1.29 is 14.4 Å². The largest absolute Gasteiger partial charge is 0.368 e. The second-order valence-electron chi connectivity index (χ2n) is 3.44. The van der Waals surface area contributed by atoms with Gasteiger partial charge in [0.2, 0.25) is 17.7 Å². The highest BCUT2D eigenvalue weighted by molar-refractivity contribution is 5.90. The minimum atomic E-state index is -0.742. The first kappa shape index (κ1) is 15.3. The van der Waals surface area contributed by atoms with Gasteiger partial charge in [-0.05, 0) is 19.4 Å². The summed E-state index contributed by atoms with van der Waals surface area (Å²) in [5.74, 6) is -1.57. The molecule has 1 unspecified atom stereocenters. The fraction of sp³-hybridized carbons (Fsp3) is 0.667. The smallest absolute Gasteiger partial charge is 0.243 e. The second kappa shape index (κ2) is 8.48. The molecular weight excluding hydrogens is 226 g/mol. The molecule has 0 saturated carbocycles. The third-order valence-electron chi connectivity index (χ3n) is 1.97. The van der Waals surface area contributed by atoms with E-state index in [9.17, 15) is 14.4 Å². The van der Waals surface area contributed by atoms with E-state index in [2.05, 4.69) is 10.6 Å². The average Bonchev–Trinajstić information content (AvgIpc) is 2.30. The van der Waals surface area contributed by atoms with E-state index in [-0.39, 0.29) is 13.1 Å². The molecule has 0 aliphatic rings. The first-order valence-electron chi connectivity index (χ1n) is 5.26. The quantitative estimate of drug-likeness (QED) is 0.304. The van der Waals surface area contributed by atoms with Crippen molar-refractivity contribution in [3.8, 4) is 0 Å². The predicted octanol–water partition coefficient (Wildman–Crippen LogP) is -3.23. The van der Waals surface area contributed by atoms with Gasteiger partial charge in [0, 0.05) is 0 Å². The number of carbonyl (C=O) groups is 3. The SMILES string of the molecule is NCCCC(NC(=O)CN)C(=O)NCC(N)=O. The molecule has 1 atom stereocenters. The Morgan fingerprint density at radius 3 is 2.29 bits per heavy atom. The molecule has 0 aliphatic carbocycles. The molecule has 0 aromatic heterocycles. The van der Waals surface area contributed by atoms with Crippen LogP contribution in [0.2, 0.25) is 0 Å². The van der Waals surface area contributed by atoms with Crippen molar-refractivity contribution in [1.29, 1.82) is 0 Å². The average molecular weight is 245 g/mol. The summed E-state index contributed by atoms with van der Waals surface area (Å²) in [6.45, 7) is -0.0726. The zero-order valence-electron chi connectivity index (χ0n) is 9.57. The van der Waals surface area contributed by atoms with E-state index in [0.29, 0.717) is 19.4 Å². The molecule has 8 heteroatoms. The summed E-state index contributed by atoms with van der Waals surface area (Å²) in [6, 6.07) is -0.742. The van der Waals surface area contributed by atoms with Gasteiger partial charge in [-0.3, -0.25) is 14.4 Å². The molecule has 3 amide bonds. The molecule has 0 bridgehead atoms. The molecule has 17 heavy (non-hydrogen) atoms. The first-order chi connectivity index (χ1) is 8.01. The first-order valence-corrected chi connectivity index (χ1v) is 5.26. The lowest BCUT2D eigenvalue weighted by atomic mass is 10.1. The Morgan fingerprint density at radius 1 is 1.18 bits per heavy atom. The summed E-state index contributed by atoms with van der Waals surface area (Å²) < 4.78 is 0. The van der Waals surface area contributed by atoms with E-state index in [0.717, 1.165) is 0 Å². The van der Waals surface area contributed by atoms with Crippen molar-refractivity contribution in [3.05, 3.63) is 0 Å². The van der Waals surface area contributed by atoms with E-state index in [1.54, 1.807) is 0 Å². The number of rotatable bonds is 8. The van der Waals surface area contributed by atoms with Crippen LogP contribution in [0.15, 0.2) is 0 Å². The van der Waals surface area contributed by atoms with Crippen LogP contribution in [0.1, 0.15) is 12.8 Å². The Morgan fingerprint density at radius 2 is 1.82 bits per heavy atom. The van der Waals surface area contributed by atoms with E-state index in [1.807, 2.05) is 0 Å². The van der Waals surface area contributed by atoms with E-state index in [1.165, 1.54) is 0 Å². The van der Waals surface area contributed by atoms with Gasteiger partial charge in [-0.1, -0.05) is 0 Å². The molecule has 8 N–H and O–H groups in total. The molecule has 8 nitrogen and oxygen atoms in total. The highest BCUT2D eigenvalue weighted by Gasteiger charge is 2.19. The lowest BCUT2D eigenvalue weighted by molar-refractivity contribution is -0.129. The van der Waals surface area contributed by atoms with Gasteiger partial charge in [0.25, 0.3) is 0 Å².